The molecule has 4 N–H and O–H groups in total. The maximum atomic E-state index is 14.6. The SMILES string of the molecule is CCN(CCOC)Cc1c(C(F)F)c(-c2ccc(NC(=O)Nc3cc(C(F)(F)F)ccn3)cc2)c2c(N)ncnn12. The maximum Gasteiger partial charge on any atom is 0.416 e. The van der Waals surface area contributed by atoms with E-state index in [1.165, 1.54) is 35.1 Å². The molecule has 0 aliphatic heterocycles. The molecule has 0 aliphatic carbocycles. The van der Waals surface area contributed by atoms with Crippen LogP contribution in [-0.4, -0.2) is 57.3 Å². The van der Waals surface area contributed by atoms with E-state index in [1.807, 2.05) is 11.8 Å². The number of nitrogens with one attached hydrogen (secondary N) is 2. The lowest BCUT2D eigenvalue weighted by Crippen LogP contribution is -2.28. The highest BCUT2D eigenvalue weighted by Crippen LogP contribution is 2.41. The smallest absolute Gasteiger partial charge is 0.383 e. The molecule has 4 rings (SSSR count). The number of pyridine rings is 1. The summed E-state index contributed by atoms with van der Waals surface area (Å²) in [6, 6.07) is 6.59. The van der Waals surface area contributed by atoms with Gasteiger partial charge in [-0.15, -0.1) is 0 Å². The number of hydrogen-bond acceptors (Lipinski definition) is 7. The fraction of sp³-hybridized carbons (Fsp3) is 0.308. The van der Waals surface area contributed by atoms with Gasteiger partial charge in [-0.2, -0.15) is 18.3 Å². The molecule has 41 heavy (non-hydrogen) atoms. The van der Waals surface area contributed by atoms with Crippen molar-refractivity contribution in [3.8, 4) is 11.1 Å². The normalized spacial score (nSPS) is 11.9. The first-order valence-corrected chi connectivity index (χ1v) is 12.4. The van der Waals surface area contributed by atoms with Gasteiger partial charge in [-0.25, -0.2) is 28.1 Å². The molecule has 15 heteroatoms. The lowest BCUT2D eigenvalue weighted by atomic mass is 10.0. The predicted octanol–water partition coefficient (Wildman–Crippen LogP) is 5.44. The van der Waals surface area contributed by atoms with Crippen molar-refractivity contribution < 1.29 is 31.5 Å². The largest absolute Gasteiger partial charge is 0.416 e. The summed E-state index contributed by atoms with van der Waals surface area (Å²) in [5.41, 5.74) is 6.17. The molecule has 1 aromatic carbocycles. The van der Waals surface area contributed by atoms with E-state index in [9.17, 15) is 26.7 Å². The Morgan fingerprint density at radius 2 is 1.88 bits per heavy atom. The number of ether oxygens (including phenoxy) is 1. The summed E-state index contributed by atoms with van der Waals surface area (Å²) < 4.78 is 74.6. The number of nitrogens with zero attached hydrogens (tertiary/aromatic N) is 5. The third kappa shape index (κ3) is 6.69. The van der Waals surface area contributed by atoms with E-state index in [4.69, 9.17) is 10.5 Å². The maximum absolute atomic E-state index is 14.6. The van der Waals surface area contributed by atoms with Crippen LogP contribution < -0.4 is 16.4 Å². The van der Waals surface area contributed by atoms with Crippen LogP contribution in [0.5, 0.6) is 0 Å². The van der Waals surface area contributed by atoms with Crippen LogP contribution in [-0.2, 0) is 17.5 Å². The molecule has 10 nitrogen and oxygen atoms in total. The monoisotopic (exact) mass is 578 g/mol. The minimum absolute atomic E-state index is 0.0123. The lowest BCUT2D eigenvalue weighted by Gasteiger charge is -2.20. The zero-order chi connectivity index (χ0) is 29.7. The number of likely N-dealkylation sites (N-methyl/N-ethyl adjacent to an activating group) is 1. The summed E-state index contributed by atoms with van der Waals surface area (Å²) in [6.45, 7) is 3.56. The zero-order valence-electron chi connectivity index (χ0n) is 22.0. The summed E-state index contributed by atoms with van der Waals surface area (Å²) in [7, 11) is 1.56. The zero-order valence-corrected chi connectivity index (χ0v) is 22.0. The number of nitrogens with two attached hydrogens (primary N) is 1. The van der Waals surface area contributed by atoms with Gasteiger partial charge in [0.2, 0.25) is 0 Å². The molecule has 0 unspecified atom stereocenters. The van der Waals surface area contributed by atoms with Crippen molar-refractivity contribution >= 4 is 28.9 Å². The molecule has 4 aromatic rings. The average Bonchev–Trinajstić information content (AvgIpc) is 3.26. The Morgan fingerprint density at radius 1 is 1.15 bits per heavy atom. The van der Waals surface area contributed by atoms with E-state index >= 15 is 0 Å². The van der Waals surface area contributed by atoms with Crippen molar-refractivity contribution in [1.29, 1.82) is 0 Å². The number of methoxy groups -OCH3 is 1. The molecule has 0 aliphatic rings. The molecular formula is C26H27F5N8O2. The van der Waals surface area contributed by atoms with E-state index in [0.29, 0.717) is 31.3 Å². The number of hydrogen-bond donors (Lipinski definition) is 3. The number of carbonyl (C=O) groups is 1. The Kier molecular flexibility index (Phi) is 8.98. The number of benzene rings is 1. The van der Waals surface area contributed by atoms with Gasteiger partial charge in [-0.3, -0.25) is 10.2 Å². The minimum atomic E-state index is -4.60. The fourth-order valence-electron chi connectivity index (χ4n) is 4.33. The van der Waals surface area contributed by atoms with Crippen molar-refractivity contribution in [2.45, 2.75) is 26.1 Å². The summed E-state index contributed by atoms with van der Waals surface area (Å²) in [6.07, 6.45) is -5.34. The Hall–Kier alpha value is -4.37. The Balaban J connectivity index is 1.64. The molecule has 0 spiro atoms. The highest BCUT2D eigenvalue weighted by Gasteiger charge is 2.31. The molecule has 3 heterocycles. The van der Waals surface area contributed by atoms with Crippen LogP contribution in [0.2, 0.25) is 0 Å². The number of rotatable bonds is 10. The summed E-state index contributed by atoms with van der Waals surface area (Å²) in [4.78, 5) is 22.0. The van der Waals surface area contributed by atoms with Gasteiger partial charge < -0.3 is 15.8 Å². The molecule has 0 saturated heterocycles. The molecule has 218 valence electrons. The molecule has 2 amide bonds. The first kappa shape index (κ1) is 29.6. The highest BCUT2D eigenvalue weighted by molar-refractivity contribution is 5.99. The van der Waals surface area contributed by atoms with Gasteiger partial charge in [-0.05, 0) is 36.4 Å². The first-order valence-electron chi connectivity index (χ1n) is 12.4. The Morgan fingerprint density at radius 3 is 2.51 bits per heavy atom. The van der Waals surface area contributed by atoms with Gasteiger partial charge in [0.1, 0.15) is 17.7 Å². The van der Waals surface area contributed by atoms with Crippen LogP contribution in [0.1, 0.15) is 30.2 Å². The van der Waals surface area contributed by atoms with E-state index in [-0.39, 0.29) is 46.2 Å². The second-order valence-corrected chi connectivity index (χ2v) is 8.89. The first-order chi connectivity index (χ1) is 19.5. The topological polar surface area (TPSA) is 123 Å². The summed E-state index contributed by atoms with van der Waals surface area (Å²) in [5.74, 6) is -0.288. The average molecular weight is 579 g/mol. The van der Waals surface area contributed by atoms with E-state index < -0.39 is 24.2 Å². The molecule has 0 bridgehead atoms. The number of urea groups is 1. The number of fused-ring (bicyclic) bond motifs is 1. The van der Waals surface area contributed by atoms with Gasteiger partial charge in [0.25, 0.3) is 6.43 Å². The fourth-order valence-corrected chi connectivity index (χ4v) is 4.33. The molecule has 3 aromatic heterocycles. The van der Waals surface area contributed by atoms with Gasteiger partial charge in [-0.1, -0.05) is 19.1 Å². The molecule has 0 fully saturated rings. The molecule has 0 saturated carbocycles. The molecular weight excluding hydrogens is 551 g/mol. The van der Waals surface area contributed by atoms with Crippen LogP contribution in [0, 0.1) is 0 Å². The van der Waals surface area contributed by atoms with Crippen molar-refractivity contribution in [3.63, 3.8) is 0 Å². The third-order valence-electron chi connectivity index (χ3n) is 6.30. The number of amides is 2. The summed E-state index contributed by atoms with van der Waals surface area (Å²) >= 11 is 0. The number of aromatic nitrogens is 4. The predicted molar refractivity (Wildman–Crippen MR) is 142 cm³/mol. The third-order valence-corrected chi connectivity index (χ3v) is 6.30. The van der Waals surface area contributed by atoms with Crippen molar-refractivity contribution in [2.75, 3.05) is 43.2 Å². The van der Waals surface area contributed by atoms with E-state index in [0.717, 1.165) is 12.3 Å². The van der Waals surface area contributed by atoms with E-state index in [1.54, 1.807) is 7.11 Å². The Bertz CT molecular complexity index is 1510. The van der Waals surface area contributed by atoms with Gasteiger partial charge in [0.15, 0.2) is 5.82 Å². The standard InChI is InChI=1S/C26H27F5N8O2/c1-3-38(10-11-41-2)13-18-21(23(27)28)20(22-24(32)34-14-35-39(18)22)15-4-6-17(7-5-15)36-25(40)37-19-12-16(8-9-33-19)26(29,30)31/h4-9,12,14,23H,3,10-11,13H2,1-2H3,(H2,32,34,35)(H2,33,36,37,40). The number of carbonyl (C=O) groups excluding carboxylic acids is 1. The Labute approximate surface area is 231 Å². The van der Waals surface area contributed by atoms with Crippen molar-refractivity contribution in [2.24, 2.45) is 0 Å². The number of anilines is 3. The number of nitrogen functional groups attached to an aromatic ring is 1. The second-order valence-electron chi connectivity index (χ2n) is 8.89. The minimum Gasteiger partial charge on any atom is -0.383 e. The van der Waals surface area contributed by atoms with E-state index in [2.05, 4.69) is 25.7 Å². The highest BCUT2D eigenvalue weighted by atomic mass is 19.4. The molecule has 0 atom stereocenters. The number of halogens is 5. The number of alkyl halides is 5. The van der Waals surface area contributed by atoms with Gasteiger partial charge >= 0.3 is 12.2 Å². The van der Waals surface area contributed by atoms with Crippen LogP contribution in [0.15, 0.2) is 48.9 Å². The van der Waals surface area contributed by atoms with Gasteiger partial charge in [0.05, 0.1) is 23.4 Å². The van der Waals surface area contributed by atoms with Crippen LogP contribution in [0.25, 0.3) is 16.6 Å². The molecule has 0 radical (unpaired) electrons. The van der Waals surface area contributed by atoms with Crippen molar-refractivity contribution in [3.05, 3.63) is 65.7 Å². The van der Waals surface area contributed by atoms with Crippen LogP contribution >= 0.6 is 0 Å². The second kappa shape index (κ2) is 12.4. The quantitative estimate of drug-likeness (QED) is 0.214. The van der Waals surface area contributed by atoms with Crippen LogP contribution in [0.3, 0.4) is 0 Å². The lowest BCUT2D eigenvalue weighted by molar-refractivity contribution is -0.137. The summed E-state index contributed by atoms with van der Waals surface area (Å²) in [5, 5.41) is 8.92. The van der Waals surface area contributed by atoms with Gasteiger partial charge in [0, 0.05) is 37.6 Å². The van der Waals surface area contributed by atoms with Crippen LogP contribution in [0.4, 0.5) is 44.1 Å². The van der Waals surface area contributed by atoms with Crippen molar-refractivity contribution in [1.82, 2.24) is 24.5 Å².